The van der Waals surface area contributed by atoms with Crippen LogP contribution in [0, 0.1) is 22.7 Å². The molecule has 4 aliphatic rings. The summed E-state index contributed by atoms with van der Waals surface area (Å²) in [6.45, 7) is 14.0. The summed E-state index contributed by atoms with van der Waals surface area (Å²) in [5.41, 5.74) is -0.169. The Morgan fingerprint density at radius 1 is 0.882 bits per heavy atom. The highest BCUT2D eigenvalue weighted by Gasteiger charge is 2.64. The fraction of sp³-hybridized carbons (Fsp3) is 0.929. The third-order valence-electron chi connectivity index (χ3n) is 5.54. The van der Waals surface area contributed by atoms with Crippen molar-refractivity contribution in [1.29, 1.82) is 0 Å². The first-order valence-electron chi connectivity index (χ1n) is 6.90. The quantitative estimate of drug-likeness (QED) is 0.725. The van der Waals surface area contributed by atoms with E-state index in [0.29, 0.717) is 17.6 Å². The third kappa shape index (κ3) is 1.27. The third-order valence-corrected chi connectivity index (χ3v) is 5.54. The molecular weight excluding hydrogens is 212 g/mol. The van der Waals surface area contributed by atoms with Crippen LogP contribution in [0.5, 0.6) is 0 Å². The Labute approximate surface area is 104 Å². The lowest BCUT2D eigenvalue weighted by Gasteiger charge is -2.65. The number of carbonyl (C=O) groups is 1. The molecule has 0 amide bonds. The van der Waals surface area contributed by atoms with Crippen LogP contribution >= 0.6 is 0 Å². The second-order valence-electron chi connectivity index (χ2n) is 7.07. The topological polar surface area (TPSA) is 23.6 Å². The number of hydrogen-bond acceptors (Lipinski definition) is 3. The minimum absolute atomic E-state index is 0.0843. The van der Waals surface area contributed by atoms with Crippen LogP contribution in [0.15, 0.2) is 0 Å². The molecule has 4 aliphatic heterocycles. The summed E-state index contributed by atoms with van der Waals surface area (Å²) in [6.07, 6.45) is 0. The number of ketones is 1. The summed E-state index contributed by atoms with van der Waals surface area (Å²) in [6, 6.07) is 0. The summed E-state index contributed by atoms with van der Waals surface area (Å²) >= 11 is 0. The van der Waals surface area contributed by atoms with Gasteiger partial charge in [0.25, 0.3) is 0 Å². The van der Waals surface area contributed by atoms with Crippen molar-refractivity contribution in [3.8, 4) is 0 Å². The first-order chi connectivity index (χ1) is 7.91. The van der Waals surface area contributed by atoms with Gasteiger partial charge in [-0.3, -0.25) is 14.6 Å². The van der Waals surface area contributed by atoms with Crippen molar-refractivity contribution in [3.05, 3.63) is 0 Å². The van der Waals surface area contributed by atoms with E-state index in [1.165, 1.54) is 0 Å². The van der Waals surface area contributed by atoms with E-state index in [1.807, 2.05) is 0 Å². The number of Topliss-reactive ketones (excluding diaryl/α,β-unsaturated/α-hetero) is 1. The summed E-state index contributed by atoms with van der Waals surface area (Å²) in [7, 11) is 0. The summed E-state index contributed by atoms with van der Waals surface area (Å²) < 4.78 is 0. The average Bonchev–Trinajstić information content (AvgIpc) is 2.23. The first kappa shape index (κ1) is 11.7. The van der Waals surface area contributed by atoms with Crippen LogP contribution in [-0.4, -0.2) is 48.4 Å². The molecule has 96 valence electrons. The lowest BCUT2D eigenvalue weighted by Crippen LogP contribution is -2.78. The molecule has 0 aromatic heterocycles. The maximum atomic E-state index is 13.0. The van der Waals surface area contributed by atoms with E-state index in [2.05, 4.69) is 37.5 Å². The van der Waals surface area contributed by atoms with Crippen LogP contribution < -0.4 is 0 Å². The van der Waals surface area contributed by atoms with E-state index in [9.17, 15) is 4.79 Å². The second-order valence-corrected chi connectivity index (χ2v) is 7.07. The zero-order valence-corrected chi connectivity index (χ0v) is 11.5. The Kier molecular flexibility index (Phi) is 2.28. The Bertz CT molecular complexity index is 317. The van der Waals surface area contributed by atoms with Crippen LogP contribution in [0.2, 0.25) is 0 Å². The van der Waals surface area contributed by atoms with E-state index < -0.39 is 0 Å². The minimum atomic E-state index is -0.0843. The summed E-state index contributed by atoms with van der Waals surface area (Å²) in [4.78, 5) is 18.1. The van der Waals surface area contributed by atoms with E-state index in [1.54, 1.807) is 0 Å². The van der Waals surface area contributed by atoms with Crippen molar-refractivity contribution >= 4 is 5.78 Å². The van der Waals surface area contributed by atoms with Gasteiger partial charge in [0.15, 0.2) is 5.78 Å². The molecule has 0 aromatic carbocycles. The molecule has 0 unspecified atom stereocenters. The summed E-state index contributed by atoms with van der Waals surface area (Å²) in [5, 5.41) is 0. The van der Waals surface area contributed by atoms with Gasteiger partial charge in [0.2, 0.25) is 0 Å². The van der Waals surface area contributed by atoms with Gasteiger partial charge in [-0.1, -0.05) is 27.7 Å². The molecule has 0 radical (unpaired) electrons. The predicted molar refractivity (Wildman–Crippen MR) is 67.6 cm³/mol. The highest BCUT2D eigenvalue weighted by atomic mass is 16.1. The fourth-order valence-corrected chi connectivity index (χ4v) is 4.33. The first-order valence-corrected chi connectivity index (χ1v) is 6.90. The molecule has 0 spiro atoms. The van der Waals surface area contributed by atoms with Crippen molar-refractivity contribution in [3.63, 3.8) is 0 Å². The number of piperidine rings is 2. The van der Waals surface area contributed by atoms with Gasteiger partial charge in [-0.2, -0.15) is 0 Å². The molecule has 4 bridgehead atoms. The molecule has 4 saturated heterocycles. The number of nitrogens with zero attached hydrogens (tertiary/aromatic N) is 2. The molecule has 3 heteroatoms. The van der Waals surface area contributed by atoms with Gasteiger partial charge in [0.1, 0.15) is 0 Å². The average molecular weight is 236 g/mol. The monoisotopic (exact) mass is 236 g/mol. The molecule has 3 nitrogen and oxygen atoms in total. The van der Waals surface area contributed by atoms with Gasteiger partial charge in [-0.25, -0.2) is 0 Å². The summed E-state index contributed by atoms with van der Waals surface area (Å²) in [5.74, 6) is 1.49. The zero-order valence-electron chi connectivity index (χ0n) is 11.5. The second kappa shape index (κ2) is 3.33. The zero-order chi connectivity index (χ0) is 12.4. The highest BCUT2D eigenvalue weighted by Crippen LogP contribution is 2.52. The molecule has 4 heterocycles. The lowest BCUT2D eigenvalue weighted by atomic mass is 9.54. The molecule has 17 heavy (non-hydrogen) atoms. The van der Waals surface area contributed by atoms with Crippen molar-refractivity contribution in [1.82, 2.24) is 9.80 Å². The lowest BCUT2D eigenvalue weighted by molar-refractivity contribution is -0.197. The Hall–Kier alpha value is -0.410. The fourth-order valence-electron chi connectivity index (χ4n) is 4.33. The highest BCUT2D eigenvalue weighted by molar-refractivity contribution is 5.93. The molecule has 4 fully saturated rings. The van der Waals surface area contributed by atoms with Crippen LogP contribution in [0.1, 0.15) is 27.7 Å². The molecular formula is C14H24N2O. The van der Waals surface area contributed by atoms with Crippen molar-refractivity contribution in [2.24, 2.45) is 22.7 Å². The molecule has 0 atom stereocenters. The number of carbonyl (C=O) groups excluding carboxylic acids is 1. The van der Waals surface area contributed by atoms with E-state index >= 15 is 0 Å². The minimum Gasteiger partial charge on any atom is -0.298 e. The largest absolute Gasteiger partial charge is 0.298 e. The maximum absolute atomic E-state index is 13.0. The number of hydrogen-bond donors (Lipinski definition) is 0. The van der Waals surface area contributed by atoms with Gasteiger partial charge in [0, 0.05) is 26.2 Å². The van der Waals surface area contributed by atoms with E-state index in [-0.39, 0.29) is 10.8 Å². The Morgan fingerprint density at radius 2 is 1.24 bits per heavy atom. The van der Waals surface area contributed by atoms with Gasteiger partial charge in [-0.15, -0.1) is 0 Å². The molecule has 0 saturated carbocycles. The Balaban J connectivity index is 2.08. The van der Waals surface area contributed by atoms with E-state index in [4.69, 9.17) is 0 Å². The smallest absolute Gasteiger partial charge is 0.150 e. The molecule has 4 rings (SSSR count). The van der Waals surface area contributed by atoms with Crippen LogP contribution in [0.25, 0.3) is 0 Å². The van der Waals surface area contributed by atoms with Crippen molar-refractivity contribution < 1.29 is 4.79 Å². The maximum Gasteiger partial charge on any atom is 0.150 e. The van der Waals surface area contributed by atoms with Crippen LogP contribution in [-0.2, 0) is 4.79 Å². The number of rotatable bonds is 2. The van der Waals surface area contributed by atoms with Crippen molar-refractivity contribution in [2.45, 2.75) is 27.7 Å². The Morgan fingerprint density at radius 3 is 1.53 bits per heavy atom. The van der Waals surface area contributed by atoms with Crippen molar-refractivity contribution in [2.75, 3.05) is 32.8 Å². The van der Waals surface area contributed by atoms with Gasteiger partial charge in [-0.05, 0) is 11.8 Å². The predicted octanol–water partition coefficient (Wildman–Crippen LogP) is 1.44. The van der Waals surface area contributed by atoms with Gasteiger partial charge in [0.05, 0.1) is 17.5 Å². The normalized spacial score (nSPS) is 48.5. The molecule has 0 N–H and O–H groups in total. The van der Waals surface area contributed by atoms with Gasteiger partial charge < -0.3 is 0 Å². The van der Waals surface area contributed by atoms with Crippen LogP contribution in [0.3, 0.4) is 0 Å². The molecule has 0 aromatic rings. The molecule has 0 aliphatic carbocycles. The van der Waals surface area contributed by atoms with Gasteiger partial charge >= 0.3 is 0 Å². The SMILES string of the molecule is CC(C)C12CN3CN(C1)CC(C(C)C)(C3)C2=O. The standard InChI is InChI=1S/C14H24N2O/c1-10(2)13-5-15-7-14(11(3)4,12(13)17)8-16(6-13)9-15/h10-11H,5-9H2,1-4H3. The van der Waals surface area contributed by atoms with E-state index in [0.717, 1.165) is 32.8 Å². The van der Waals surface area contributed by atoms with Crippen LogP contribution in [0.4, 0.5) is 0 Å².